The van der Waals surface area contributed by atoms with Gasteiger partial charge in [0.05, 0.1) is 10.6 Å². The van der Waals surface area contributed by atoms with Crippen LogP contribution in [0.4, 0.5) is 0 Å². The number of carbonyl (C=O) groups is 1. The monoisotopic (exact) mass is 392 g/mol. The molecule has 0 unspecified atom stereocenters. The molecule has 2 nitrogen and oxygen atoms in total. The van der Waals surface area contributed by atoms with Crippen molar-refractivity contribution in [2.75, 3.05) is 0 Å². The van der Waals surface area contributed by atoms with Crippen molar-refractivity contribution >= 4 is 57.0 Å². The molecule has 0 heterocycles. The molecule has 0 saturated carbocycles. The van der Waals surface area contributed by atoms with Crippen LogP contribution < -0.4 is 4.74 Å². The van der Waals surface area contributed by atoms with E-state index in [0.717, 1.165) is 10.0 Å². The van der Waals surface area contributed by atoms with Gasteiger partial charge in [0.15, 0.2) is 6.29 Å². The van der Waals surface area contributed by atoms with E-state index in [-0.39, 0.29) is 11.6 Å². The number of carbonyl (C=O) groups excluding carboxylic acids is 1. The van der Waals surface area contributed by atoms with E-state index in [1.54, 1.807) is 6.07 Å². The van der Waals surface area contributed by atoms with Gasteiger partial charge in [0, 0.05) is 20.1 Å². The molecule has 0 bridgehead atoms. The second-order valence-electron chi connectivity index (χ2n) is 3.95. The van der Waals surface area contributed by atoms with Gasteiger partial charge >= 0.3 is 0 Å². The number of halogens is 4. The average molecular weight is 394 g/mol. The summed E-state index contributed by atoms with van der Waals surface area (Å²) in [6, 6.07) is 8.48. The molecular formula is C14H8BrCl3O2. The Morgan fingerprint density at radius 2 is 1.85 bits per heavy atom. The topological polar surface area (TPSA) is 26.3 Å². The zero-order valence-corrected chi connectivity index (χ0v) is 13.9. The third-order valence-electron chi connectivity index (χ3n) is 2.55. The first-order chi connectivity index (χ1) is 9.51. The lowest BCUT2D eigenvalue weighted by molar-refractivity contribution is 0.111. The summed E-state index contributed by atoms with van der Waals surface area (Å²) in [5.74, 6) is 0.296. The summed E-state index contributed by atoms with van der Waals surface area (Å²) >= 11 is 21.3. The Labute approximate surface area is 139 Å². The molecule has 0 amide bonds. The van der Waals surface area contributed by atoms with Gasteiger partial charge in [0.2, 0.25) is 0 Å². The number of hydrogen-bond acceptors (Lipinski definition) is 2. The van der Waals surface area contributed by atoms with Gasteiger partial charge in [-0.2, -0.15) is 0 Å². The lowest BCUT2D eigenvalue weighted by Crippen LogP contribution is -2.00. The normalized spacial score (nSPS) is 10.4. The lowest BCUT2D eigenvalue weighted by atomic mass is 10.2. The first-order valence-corrected chi connectivity index (χ1v) is 7.45. The minimum absolute atomic E-state index is 0.203. The maximum atomic E-state index is 11.0. The van der Waals surface area contributed by atoms with E-state index in [4.69, 9.17) is 39.5 Å². The Morgan fingerprint density at radius 1 is 1.10 bits per heavy atom. The fourth-order valence-electron chi connectivity index (χ4n) is 1.61. The number of benzene rings is 2. The molecular weight excluding hydrogens is 386 g/mol. The summed E-state index contributed by atoms with van der Waals surface area (Å²) in [5.41, 5.74) is 1.09. The minimum atomic E-state index is 0.203. The Balaban J connectivity index is 2.25. The van der Waals surface area contributed by atoms with Crippen molar-refractivity contribution in [3.8, 4) is 5.75 Å². The SMILES string of the molecule is O=Cc1cc(Cl)cc(Cl)c1OCc1ccc(Br)cc1Cl. The maximum absolute atomic E-state index is 11.0. The predicted octanol–water partition coefficient (Wildman–Crippen LogP) is 5.80. The van der Waals surface area contributed by atoms with Crippen LogP contribution in [0.15, 0.2) is 34.8 Å². The Bertz CT molecular complexity index is 659. The summed E-state index contributed by atoms with van der Waals surface area (Å²) in [6.07, 6.45) is 0.649. The maximum Gasteiger partial charge on any atom is 0.153 e. The van der Waals surface area contributed by atoms with Crippen molar-refractivity contribution < 1.29 is 9.53 Å². The van der Waals surface area contributed by atoms with Crippen LogP contribution in [0.5, 0.6) is 5.75 Å². The first kappa shape index (κ1) is 15.6. The van der Waals surface area contributed by atoms with Gasteiger partial charge in [0.1, 0.15) is 12.4 Å². The summed E-state index contributed by atoms with van der Waals surface area (Å²) in [5, 5.41) is 1.23. The Kier molecular flexibility index (Phi) is 5.33. The molecule has 0 spiro atoms. The molecule has 0 aliphatic rings. The fourth-order valence-corrected chi connectivity index (χ4v) is 2.90. The summed E-state index contributed by atoms with van der Waals surface area (Å²) in [4.78, 5) is 11.0. The quantitative estimate of drug-likeness (QED) is 0.613. The van der Waals surface area contributed by atoms with Crippen molar-refractivity contribution in [2.24, 2.45) is 0 Å². The van der Waals surface area contributed by atoms with Gasteiger partial charge in [-0.3, -0.25) is 4.79 Å². The number of aldehydes is 1. The third-order valence-corrected chi connectivity index (χ3v) is 3.90. The van der Waals surface area contributed by atoms with Crippen LogP contribution >= 0.6 is 50.7 Å². The Morgan fingerprint density at radius 3 is 2.50 bits per heavy atom. The standard InChI is InChI=1S/C14H8BrCl3O2/c15-10-2-1-8(12(17)4-10)7-20-14-9(6-19)3-11(16)5-13(14)18/h1-6H,7H2. The highest BCUT2D eigenvalue weighted by atomic mass is 79.9. The van der Waals surface area contributed by atoms with Crippen molar-refractivity contribution in [1.29, 1.82) is 0 Å². The molecule has 0 atom stereocenters. The van der Waals surface area contributed by atoms with Crippen LogP contribution in [-0.2, 0) is 6.61 Å². The van der Waals surface area contributed by atoms with Crippen LogP contribution in [0.1, 0.15) is 15.9 Å². The van der Waals surface area contributed by atoms with Crippen LogP contribution in [0.25, 0.3) is 0 Å². The minimum Gasteiger partial charge on any atom is -0.487 e. The predicted molar refractivity (Wildman–Crippen MR) is 85.3 cm³/mol. The zero-order valence-electron chi connectivity index (χ0n) is 10.00. The number of ether oxygens (including phenoxy) is 1. The summed E-state index contributed by atoms with van der Waals surface area (Å²) in [7, 11) is 0. The molecule has 6 heteroatoms. The Hall–Kier alpha value is -0.740. The molecule has 0 aliphatic heterocycles. The van der Waals surface area contributed by atoms with Crippen LogP contribution in [0.2, 0.25) is 15.1 Å². The largest absolute Gasteiger partial charge is 0.487 e. The highest BCUT2D eigenvalue weighted by Gasteiger charge is 2.11. The fraction of sp³-hybridized carbons (Fsp3) is 0.0714. The van der Waals surface area contributed by atoms with E-state index in [0.29, 0.717) is 27.6 Å². The molecule has 104 valence electrons. The smallest absolute Gasteiger partial charge is 0.153 e. The van der Waals surface area contributed by atoms with Gasteiger partial charge in [-0.15, -0.1) is 0 Å². The molecule has 20 heavy (non-hydrogen) atoms. The molecule has 0 saturated heterocycles. The molecule has 0 fully saturated rings. The number of hydrogen-bond donors (Lipinski definition) is 0. The van der Waals surface area contributed by atoms with Crippen LogP contribution in [0, 0.1) is 0 Å². The van der Waals surface area contributed by atoms with E-state index >= 15 is 0 Å². The molecule has 2 aromatic carbocycles. The van der Waals surface area contributed by atoms with Crippen molar-refractivity contribution in [3.63, 3.8) is 0 Å². The van der Waals surface area contributed by atoms with Crippen LogP contribution in [0.3, 0.4) is 0 Å². The number of rotatable bonds is 4. The van der Waals surface area contributed by atoms with Gasteiger partial charge in [-0.05, 0) is 24.3 Å². The van der Waals surface area contributed by atoms with Gasteiger partial charge in [0.25, 0.3) is 0 Å². The van der Waals surface area contributed by atoms with Gasteiger partial charge in [-0.25, -0.2) is 0 Å². The second kappa shape index (κ2) is 6.81. The van der Waals surface area contributed by atoms with Crippen molar-refractivity contribution in [2.45, 2.75) is 6.61 Å². The highest BCUT2D eigenvalue weighted by Crippen LogP contribution is 2.32. The van der Waals surface area contributed by atoms with Gasteiger partial charge < -0.3 is 4.74 Å². The second-order valence-corrected chi connectivity index (χ2v) is 6.11. The third kappa shape index (κ3) is 3.67. The average Bonchev–Trinajstić information content (AvgIpc) is 2.38. The van der Waals surface area contributed by atoms with Crippen LogP contribution in [-0.4, -0.2) is 6.29 Å². The van der Waals surface area contributed by atoms with E-state index in [9.17, 15) is 4.79 Å². The lowest BCUT2D eigenvalue weighted by Gasteiger charge is -2.12. The molecule has 0 N–H and O–H groups in total. The first-order valence-electron chi connectivity index (χ1n) is 5.52. The zero-order chi connectivity index (χ0) is 14.7. The molecule has 0 radical (unpaired) electrons. The van der Waals surface area contributed by atoms with E-state index < -0.39 is 0 Å². The molecule has 0 aromatic heterocycles. The van der Waals surface area contributed by atoms with E-state index in [1.807, 2.05) is 12.1 Å². The highest BCUT2D eigenvalue weighted by molar-refractivity contribution is 9.10. The summed E-state index contributed by atoms with van der Waals surface area (Å²) < 4.78 is 6.48. The molecule has 0 aliphatic carbocycles. The van der Waals surface area contributed by atoms with E-state index in [2.05, 4.69) is 15.9 Å². The van der Waals surface area contributed by atoms with Crippen molar-refractivity contribution in [3.05, 3.63) is 61.0 Å². The van der Waals surface area contributed by atoms with E-state index in [1.165, 1.54) is 12.1 Å². The molecule has 2 aromatic rings. The molecule has 2 rings (SSSR count). The van der Waals surface area contributed by atoms with Crippen molar-refractivity contribution in [1.82, 2.24) is 0 Å². The summed E-state index contributed by atoms with van der Waals surface area (Å²) in [6.45, 7) is 0.203. The van der Waals surface area contributed by atoms with Gasteiger partial charge in [-0.1, -0.05) is 56.8 Å².